The molecule has 0 aliphatic carbocycles. The van der Waals surface area contributed by atoms with Crippen LogP contribution in [0, 0.1) is 0 Å². The number of rotatable bonds is 4. The van der Waals surface area contributed by atoms with Crippen molar-refractivity contribution in [3.63, 3.8) is 0 Å². The third-order valence-electron chi connectivity index (χ3n) is 3.40. The molecule has 2 rings (SSSR count). The van der Waals surface area contributed by atoms with Gasteiger partial charge < -0.3 is 14.5 Å². The fourth-order valence-corrected chi connectivity index (χ4v) is 2.99. The van der Waals surface area contributed by atoms with E-state index in [1.54, 1.807) is 18.7 Å². The summed E-state index contributed by atoms with van der Waals surface area (Å²) in [5.74, 6) is 0.249. The second kappa shape index (κ2) is 5.72. The summed E-state index contributed by atoms with van der Waals surface area (Å²) in [5, 5.41) is 0. The van der Waals surface area contributed by atoms with Crippen molar-refractivity contribution in [2.24, 2.45) is 0 Å². The third kappa shape index (κ3) is 3.37. The maximum atomic E-state index is 12.6. The van der Waals surface area contributed by atoms with Gasteiger partial charge in [0, 0.05) is 23.8 Å². The second-order valence-corrected chi connectivity index (χ2v) is 8.51. The van der Waals surface area contributed by atoms with Gasteiger partial charge in [-0.1, -0.05) is 0 Å². The molecule has 6 nitrogen and oxygen atoms in total. The molecule has 1 aromatic rings. The first-order valence-electron chi connectivity index (χ1n) is 6.77. The van der Waals surface area contributed by atoms with Crippen molar-refractivity contribution in [2.45, 2.75) is 24.3 Å². The number of benzene rings is 1. The Kier molecular flexibility index (Phi) is 4.43. The van der Waals surface area contributed by atoms with Gasteiger partial charge in [0.15, 0.2) is 5.60 Å². The van der Waals surface area contributed by atoms with E-state index in [2.05, 4.69) is 0 Å². The molecule has 0 N–H and O–H groups in total. The molecule has 8 heteroatoms. The highest BCUT2D eigenvalue weighted by Crippen LogP contribution is 2.39. The molecule has 0 atom stereocenters. The topological polar surface area (TPSA) is 66.9 Å². The maximum absolute atomic E-state index is 12.6. The van der Waals surface area contributed by atoms with Crippen molar-refractivity contribution in [1.82, 2.24) is 4.90 Å². The van der Waals surface area contributed by atoms with E-state index in [1.165, 1.54) is 18.2 Å². The standard InChI is InChI=1S/C14H19ClN2O4S/c1-14(2)13(18)17(8-7-16(3)4)11-9-10(22(15,19)20)5-6-12(11)21-14/h5-6,9H,7-8H2,1-4H3. The van der Waals surface area contributed by atoms with Crippen LogP contribution in [0.4, 0.5) is 5.69 Å². The summed E-state index contributed by atoms with van der Waals surface area (Å²) in [6.45, 7) is 4.44. The van der Waals surface area contributed by atoms with Crippen LogP contribution in [0.25, 0.3) is 0 Å². The fourth-order valence-electron chi connectivity index (χ4n) is 2.22. The van der Waals surface area contributed by atoms with Crippen LogP contribution >= 0.6 is 10.7 Å². The summed E-state index contributed by atoms with van der Waals surface area (Å²) in [6.07, 6.45) is 0. The van der Waals surface area contributed by atoms with Crippen LogP contribution in [0.15, 0.2) is 23.1 Å². The molecule has 1 amide bonds. The van der Waals surface area contributed by atoms with Crippen LogP contribution in [-0.2, 0) is 13.8 Å². The van der Waals surface area contributed by atoms with E-state index in [-0.39, 0.29) is 10.8 Å². The molecular formula is C14H19ClN2O4S. The van der Waals surface area contributed by atoms with E-state index in [4.69, 9.17) is 15.4 Å². The highest BCUT2D eigenvalue weighted by molar-refractivity contribution is 8.13. The smallest absolute Gasteiger partial charge is 0.270 e. The predicted octanol–water partition coefficient (Wildman–Crippen LogP) is 1.68. The van der Waals surface area contributed by atoms with Crippen LogP contribution in [0.5, 0.6) is 5.75 Å². The molecule has 1 aromatic carbocycles. The monoisotopic (exact) mass is 346 g/mol. The zero-order valence-corrected chi connectivity index (χ0v) is 14.5. The van der Waals surface area contributed by atoms with Gasteiger partial charge in [-0.25, -0.2) is 8.42 Å². The number of hydrogen-bond donors (Lipinski definition) is 0. The lowest BCUT2D eigenvalue weighted by Gasteiger charge is -2.39. The van der Waals surface area contributed by atoms with E-state index in [0.717, 1.165) is 0 Å². The zero-order valence-electron chi connectivity index (χ0n) is 13.0. The molecule has 0 radical (unpaired) electrons. The van der Waals surface area contributed by atoms with Gasteiger partial charge in [-0.05, 0) is 46.1 Å². The van der Waals surface area contributed by atoms with Gasteiger partial charge in [0.25, 0.3) is 15.0 Å². The third-order valence-corrected chi connectivity index (χ3v) is 4.75. The number of likely N-dealkylation sites (N-methyl/N-ethyl adjacent to an activating group) is 1. The lowest BCUT2D eigenvalue weighted by atomic mass is 10.0. The Hall–Kier alpha value is -1.31. The molecule has 22 heavy (non-hydrogen) atoms. The molecule has 0 unspecified atom stereocenters. The molecule has 122 valence electrons. The molecule has 0 bridgehead atoms. The molecule has 1 aliphatic heterocycles. The summed E-state index contributed by atoms with van der Waals surface area (Å²) in [5.41, 5.74) is -0.575. The number of amides is 1. The largest absolute Gasteiger partial charge is 0.476 e. The molecule has 0 fully saturated rings. The van der Waals surface area contributed by atoms with E-state index in [0.29, 0.717) is 24.5 Å². The quantitative estimate of drug-likeness (QED) is 0.776. The Bertz CT molecular complexity index is 701. The van der Waals surface area contributed by atoms with Crippen LogP contribution in [0.2, 0.25) is 0 Å². The Labute approximate surface area is 135 Å². The Morgan fingerprint density at radius 3 is 2.50 bits per heavy atom. The predicted molar refractivity (Wildman–Crippen MR) is 85.1 cm³/mol. The van der Waals surface area contributed by atoms with Crippen molar-refractivity contribution >= 4 is 31.3 Å². The lowest BCUT2D eigenvalue weighted by molar-refractivity contribution is -0.132. The molecule has 1 aliphatic rings. The Balaban J connectivity index is 2.51. The SMILES string of the molecule is CN(C)CCN1C(=O)C(C)(C)Oc2ccc(S(=O)(=O)Cl)cc21. The van der Waals surface area contributed by atoms with Crippen molar-refractivity contribution in [3.8, 4) is 5.75 Å². The molecule has 0 saturated carbocycles. The highest BCUT2D eigenvalue weighted by Gasteiger charge is 2.41. The van der Waals surface area contributed by atoms with Crippen molar-refractivity contribution in [1.29, 1.82) is 0 Å². The zero-order chi connectivity index (χ0) is 16.7. The first kappa shape index (κ1) is 17.1. The summed E-state index contributed by atoms with van der Waals surface area (Å²) >= 11 is 0. The molecule has 0 saturated heterocycles. The number of hydrogen-bond acceptors (Lipinski definition) is 5. The lowest BCUT2D eigenvalue weighted by Crippen LogP contribution is -2.53. The number of fused-ring (bicyclic) bond motifs is 1. The first-order valence-corrected chi connectivity index (χ1v) is 9.08. The minimum atomic E-state index is -3.87. The van der Waals surface area contributed by atoms with Gasteiger partial charge in [0.2, 0.25) is 0 Å². The number of carbonyl (C=O) groups excluding carboxylic acids is 1. The summed E-state index contributed by atoms with van der Waals surface area (Å²) < 4.78 is 28.7. The summed E-state index contributed by atoms with van der Waals surface area (Å²) in [7, 11) is 5.32. The summed E-state index contributed by atoms with van der Waals surface area (Å²) in [4.78, 5) is 16.0. The second-order valence-electron chi connectivity index (χ2n) is 5.94. The maximum Gasteiger partial charge on any atom is 0.270 e. The molecule has 0 spiro atoms. The Morgan fingerprint density at radius 1 is 1.32 bits per heavy atom. The minimum Gasteiger partial charge on any atom is -0.476 e. The number of halogens is 1. The van der Waals surface area contributed by atoms with Crippen molar-refractivity contribution < 1.29 is 17.9 Å². The molecule has 1 heterocycles. The number of carbonyl (C=O) groups is 1. The van der Waals surface area contributed by atoms with E-state index >= 15 is 0 Å². The van der Waals surface area contributed by atoms with Crippen molar-refractivity contribution in [2.75, 3.05) is 32.1 Å². The summed E-state index contributed by atoms with van der Waals surface area (Å²) in [6, 6.07) is 4.28. The number of nitrogens with zero attached hydrogens (tertiary/aromatic N) is 2. The van der Waals surface area contributed by atoms with E-state index < -0.39 is 14.7 Å². The molecule has 0 aromatic heterocycles. The highest BCUT2D eigenvalue weighted by atomic mass is 35.7. The van der Waals surface area contributed by atoms with Crippen LogP contribution < -0.4 is 9.64 Å². The molecular weight excluding hydrogens is 328 g/mol. The van der Waals surface area contributed by atoms with Crippen LogP contribution in [-0.4, -0.2) is 52.0 Å². The minimum absolute atomic E-state index is 0.0566. The average molecular weight is 347 g/mol. The van der Waals surface area contributed by atoms with Crippen LogP contribution in [0.1, 0.15) is 13.8 Å². The van der Waals surface area contributed by atoms with E-state index in [1.807, 2.05) is 19.0 Å². The van der Waals surface area contributed by atoms with Gasteiger partial charge in [-0.2, -0.15) is 0 Å². The number of anilines is 1. The Morgan fingerprint density at radius 2 is 1.95 bits per heavy atom. The average Bonchev–Trinajstić information content (AvgIpc) is 2.37. The van der Waals surface area contributed by atoms with Gasteiger partial charge in [0.05, 0.1) is 10.6 Å². The van der Waals surface area contributed by atoms with Gasteiger partial charge in [-0.15, -0.1) is 0 Å². The number of ether oxygens (including phenoxy) is 1. The van der Waals surface area contributed by atoms with E-state index in [9.17, 15) is 13.2 Å². The van der Waals surface area contributed by atoms with Gasteiger partial charge in [0.1, 0.15) is 5.75 Å². The van der Waals surface area contributed by atoms with Crippen LogP contribution in [0.3, 0.4) is 0 Å². The fraction of sp³-hybridized carbons (Fsp3) is 0.500. The van der Waals surface area contributed by atoms with Gasteiger partial charge in [-0.3, -0.25) is 4.79 Å². The van der Waals surface area contributed by atoms with Crippen molar-refractivity contribution in [3.05, 3.63) is 18.2 Å². The first-order chi connectivity index (χ1) is 10.0. The normalized spacial score (nSPS) is 17.4. The van der Waals surface area contributed by atoms with Gasteiger partial charge >= 0.3 is 0 Å².